The lowest BCUT2D eigenvalue weighted by molar-refractivity contribution is 0.105. The van der Waals surface area contributed by atoms with E-state index in [4.69, 9.17) is 10.8 Å². The normalized spacial score (nSPS) is 13.3. The van der Waals surface area contributed by atoms with E-state index in [1.54, 1.807) is 0 Å². The molecule has 102 valence electrons. The monoisotopic (exact) mass is 275 g/mol. The van der Waals surface area contributed by atoms with Crippen LogP contribution in [0.2, 0.25) is 0 Å². The molecule has 0 radical (unpaired) electrons. The summed E-state index contributed by atoms with van der Waals surface area (Å²) in [5.41, 5.74) is 6.42. The fourth-order valence-corrected chi connectivity index (χ4v) is 2.02. The molecule has 0 aliphatic rings. The molecule has 0 saturated heterocycles. The number of aliphatic hydroxyl groups is 2. The predicted octanol–water partition coefficient (Wildman–Crippen LogP) is -1.06. The van der Waals surface area contributed by atoms with Crippen molar-refractivity contribution in [2.24, 2.45) is 0 Å². The maximum atomic E-state index is 11.6. The van der Waals surface area contributed by atoms with E-state index in [1.807, 2.05) is 0 Å². The Labute approximate surface area is 106 Å². The van der Waals surface area contributed by atoms with Gasteiger partial charge in [0.25, 0.3) is 0 Å². The molecule has 1 aromatic carbocycles. The minimum atomic E-state index is -3.54. The zero-order valence-corrected chi connectivity index (χ0v) is 10.7. The third kappa shape index (κ3) is 3.57. The van der Waals surface area contributed by atoms with Gasteiger partial charge in [-0.1, -0.05) is 0 Å². The molecule has 0 heterocycles. The second-order valence-electron chi connectivity index (χ2n) is 3.67. The van der Waals surface area contributed by atoms with Gasteiger partial charge in [-0.2, -0.15) is 0 Å². The molecule has 0 amide bonds. The molecule has 1 aromatic rings. The molecule has 18 heavy (non-hydrogen) atoms. The van der Waals surface area contributed by atoms with Crippen molar-refractivity contribution in [1.29, 1.82) is 0 Å². The molecule has 0 bridgehead atoms. The van der Waals surface area contributed by atoms with E-state index in [-0.39, 0.29) is 18.0 Å². The van der Waals surface area contributed by atoms with E-state index >= 15 is 0 Å². The molecule has 0 fully saturated rings. The van der Waals surface area contributed by atoms with Crippen molar-refractivity contribution in [3.63, 3.8) is 0 Å². The van der Waals surface area contributed by atoms with Crippen LogP contribution in [0.4, 0.5) is 11.4 Å². The Hall–Kier alpha value is -1.35. The number of sulfonamides is 1. The Morgan fingerprint density at radius 2 is 2.11 bits per heavy atom. The number of rotatable bonds is 6. The molecule has 0 spiro atoms. The van der Waals surface area contributed by atoms with Crippen molar-refractivity contribution in [3.8, 4) is 0 Å². The van der Waals surface area contributed by atoms with Crippen molar-refractivity contribution in [2.45, 2.75) is 11.0 Å². The fraction of sp³-hybridized carbons (Fsp3) is 0.400. The summed E-state index contributed by atoms with van der Waals surface area (Å²) in [7, 11) is -2.23. The van der Waals surface area contributed by atoms with E-state index in [1.165, 1.54) is 25.2 Å². The van der Waals surface area contributed by atoms with Crippen molar-refractivity contribution in [3.05, 3.63) is 18.2 Å². The quantitative estimate of drug-likeness (QED) is 0.422. The van der Waals surface area contributed by atoms with Crippen LogP contribution in [0.1, 0.15) is 0 Å². The minimum Gasteiger partial charge on any atom is -0.397 e. The number of hydrogen-bond acceptors (Lipinski definition) is 6. The lowest BCUT2D eigenvalue weighted by atomic mass is 10.2. The second kappa shape index (κ2) is 6.01. The number of benzene rings is 1. The van der Waals surface area contributed by atoms with E-state index in [2.05, 4.69) is 10.0 Å². The van der Waals surface area contributed by atoms with Gasteiger partial charge in [0.05, 0.1) is 29.0 Å². The summed E-state index contributed by atoms with van der Waals surface area (Å²) in [6, 6.07) is 4.21. The molecule has 1 unspecified atom stereocenters. The number of hydrogen-bond donors (Lipinski definition) is 5. The summed E-state index contributed by atoms with van der Waals surface area (Å²) in [6.07, 6.45) is -0.936. The highest BCUT2D eigenvalue weighted by Gasteiger charge is 2.13. The summed E-state index contributed by atoms with van der Waals surface area (Å²) >= 11 is 0. The van der Waals surface area contributed by atoms with Gasteiger partial charge in [-0.15, -0.1) is 0 Å². The number of anilines is 2. The van der Waals surface area contributed by atoms with Crippen LogP contribution in [0.25, 0.3) is 0 Å². The van der Waals surface area contributed by atoms with Crippen LogP contribution >= 0.6 is 0 Å². The first-order valence-corrected chi connectivity index (χ1v) is 6.75. The van der Waals surface area contributed by atoms with Crippen LogP contribution < -0.4 is 15.8 Å². The molecule has 1 atom stereocenters. The summed E-state index contributed by atoms with van der Waals surface area (Å²) in [4.78, 5) is 0.0696. The number of nitrogen functional groups attached to an aromatic ring is 1. The zero-order chi connectivity index (χ0) is 13.8. The Balaban J connectivity index is 2.95. The van der Waals surface area contributed by atoms with Crippen LogP contribution in [0.15, 0.2) is 23.1 Å². The highest BCUT2D eigenvalue weighted by atomic mass is 32.2. The van der Waals surface area contributed by atoms with Gasteiger partial charge in [0.2, 0.25) is 10.0 Å². The van der Waals surface area contributed by atoms with E-state index in [9.17, 15) is 13.5 Å². The number of nitrogens with one attached hydrogen (secondary N) is 2. The van der Waals surface area contributed by atoms with E-state index < -0.39 is 16.1 Å². The molecule has 0 saturated carbocycles. The Morgan fingerprint density at radius 3 is 2.67 bits per heavy atom. The lowest BCUT2D eigenvalue weighted by Crippen LogP contribution is -2.24. The summed E-state index contributed by atoms with van der Waals surface area (Å²) in [6.45, 7) is -0.314. The molecular weight excluding hydrogens is 258 g/mol. The van der Waals surface area contributed by atoms with Crippen molar-refractivity contribution >= 4 is 21.4 Å². The van der Waals surface area contributed by atoms with Gasteiger partial charge in [-0.3, -0.25) is 0 Å². The van der Waals surface area contributed by atoms with Crippen molar-refractivity contribution in [2.75, 3.05) is 31.2 Å². The van der Waals surface area contributed by atoms with Gasteiger partial charge in [0, 0.05) is 6.54 Å². The standard InChI is InChI=1S/C10H17N3O4S/c1-12-18(16,17)8-2-3-9(11)10(4-8)13-5-7(15)6-14/h2-4,7,12-15H,5-6,11H2,1H3. The topological polar surface area (TPSA) is 125 Å². The largest absolute Gasteiger partial charge is 0.397 e. The van der Waals surface area contributed by atoms with Gasteiger partial charge in [0.15, 0.2) is 0 Å². The first-order chi connectivity index (χ1) is 8.40. The maximum Gasteiger partial charge on any atom is 0.240 e. The summed E-state index contributed by atoms with van der Waals surface area (Å²) in [5, 5.41) is 20.7. The van der Waals surface area contributed by atoms with Gasteiger partial charge >= 0.3 is 0 Å². The molecule has 6 N–H and O–H groups in total. The average Bonchev–Trinajstić information content (AvgIpc) is 2.37. The number of nitrogens with two attached hydrogens (primary N) is 1. The molecular formula is C10H17N3O4S. The molecule has 0 aliphatic heterocycles. The van der Waals surface area contributed by atoms with Gasteiger partial charge in [0.1, 0.15) is 0 Å². The average molecular weight is 275 g/mol. The molecule has 1 rings (SSSR count). The van der Waals surface area contributed by atoms with Crippen LogP contribution in [0.3, 0.4) is 0 Å². The third-order valence-corrected chi connectivity index (χ3v) is 3.75. The third-order valence-electron chi connectivity index (χ3n) is 2.34. The van der Waals surface area contributed by atoms with Crippen molar-refractivity contribution in [1.82, 2.24) is 4.72 Å². The Kier molecular flexibility index (Phi) is 4.91. The highest BCUT2D eigenvalue weighted by molar-refractivity contribution is 7.89. The van der Waals surface area contributed by atoms with E-state index in [0.717, 1.165) is 0 Å². The van der Waals surface area contributed by atoms with Crippen LogP contribution in [0, 0.1) is 0 Å². The second-order valence-corrected chi connectivity index (χ2v) is 5.56. The van der Waals surface area contributed by atoms with E-state index in [0.29, 0.717) is 11.4 Å². The number of aliphatic hydroxyl groups excluding tert-OH is 2. The van der Waals surface area contributed by atoms with Crippen LogP contribution in [-0.4, -0.2) is 44.9 Å². The lowest BCUT2D eigenvalue weighted by Gasteiger charge is -2.13. The predicted molar refractivity (Wildman–Crippen MR) is 68.7 cm³/mol. The van der Waals surface area contributed by atoms with Crippen molar-refractivity contribution < 1.29 is 18.6 Å². The first-order valence-electron chi connectivity index (χ1n) is 5.26. The fourth-order valence-electron chi connectivity index (χ4n) is 1.27. The highest BCUT2D eigenvalue weighted by Crippen LogP contribution is 2.22. The Bertz CT molecular complexity index is 504. The SMILES string of the molecule is CNS(=O)(=O)c1ccc(N)c(NCC(O)CO)c1. The minimum absolute atomic E-state index is 0.0696. The van der Waals surface area contributed by atoms with Gasteiger partial charge < -0.3 is 21.3 Å². The smallest absolute Gasteiger partial charge is 0.240 e. The Morgan fingerprint density at radius 1 is 1.44 bits per heavy atom. The molecule has 0 aromatic heterocycles. The van der Waals surface area contributed by atoms with Gasteiger partial charge in [-0.05, 0) is 25.2 Å². The summed E-state index contributed by atoms with van der Waals surface area (Å²) < 4.78 is 25.4. The van der Waals surface area contributed by atoms with Gasteiger partial charge in [-0.25, -0.2) is 13.1 Å². The zero-order valence-electron chi connectivity index (χ0n) is 9.92. The molecule has 0 aliphatic carbocycles. The maximum absolute atomic E-state index is 11.6. The molecule has 7 nitrogen and oxygen atoms in total. The first kappa shape index (κ1) is 14.7. The molecule has 8 heteroatoms. The van der Waals surface area contributed by atoms with Crippen LogP contribution in [-0.2, 0) is 10.0 Å². The summed E-state index contributed by atoms with van der Waals surface area (Å²) in [5.74, 6) is 0. The van der Waals surface area contributed by atoms with Crippen LogP contribution in [0.5, 0.6) is 0 Å².